The lowest BCUT2D eigenvalue weighted by molar-refractivity contribution is -0.134. The van der Waals surface area contributed by atoms with Gasteiger partial charge in [-0.15, -0.1) is 0 Å². The third kappa shape index (κ3) is 20.1. The molecule has 1 aliphatic rings. The molecular formula is C35H65N7O3. The number of hydrogen-bond acceptors (Lipinski definition) is 8. The summed E-state index contributed by atoms with van der Waals surface area (Å²) in [6.45, 7) is 26.7. The lowest BCUT2D eigenvalue weighted by Gasteiger charge is -2.26. The SMILES string of the molecule is C/C(C=NC(C(=O)N1CCCC1C)C(C)C)=N/N.CC.CC.CC.CC.CC(NC=O)c1ccc(-c2cnccn2)cc1.CO. The second-order valence-electron chi connectivity index (χ2n) is 8.98. The summed E-state index contributed by atoms with van der Waals surface area (Å²) in [5.74, 6) is 5.45. The number of carbonyl (C=O) groups excluding carboxylic acids is 2. The number of hydrazone groups is 1. The van der Waals surface area contributed by atoms with Crippen molar-refractivity contribution in [2.75, 3.05) is 13.7 Å². The van der Waals surface area contributed by atoms with Crippen LogP contribution in [-0.4, -0.2) is 70.0 Å². The first-order valence-electron chi connectivity index (χ1n) is 16.4. The third-order valence-corrected chi connectivity index (χ3v) is 5.93. The Hall–Kier alpha value is -3.66. The van der Waals surface area contributed by atoms with Crippen LogP contribution in [0, 0.1) is 5.92 Å². The number of hydrogen-bond donors (Lipinski definition) is 3. The van der Waals surface area contributed by atoms with Gasteiger partial charge in [-0.2, -0.15) is 5.10 Å². The number of nitrogens with one attached hydrogen (secondary N) is 1. The standard InChI is InChI=1S/C13H24N4O.C13H13N3O.4C2H6.CH4O/c1-9(2)12(15-8-10(3)16-14)13(18)17-7-5-6-11(17)4;1-10(16-9-17)11-2-4-12(5-3-11)13-8-14-6-7-15-13;5*1-2/h8-9,11-12H,5-7,14H2,1-4H3;2-10H,1H3,(H,16,17);4*1-2H3;2H,1H3/b15-8?,16-10-;;;;;;. The van der Waals surface area contributed by atoms with Gasteiger partial charge in [0.15, 0.2) is 0 Å². The molecule has 2 heterocycles. The fourth-order valence-electron chi connectivity index (χ4n) is 3.76. The topological polar surface area (TPSA) is 146 Å². The molecule has 0 radical (unpaired) electrons. The van der Waals surface area contributed by atoms with Crippen molar-refractivity contribution in [1.29, 1.82) is 0 Å². The van der Waals surface area contributed by atoms with Crippen LogP contribution >= 0.6 is 0 Å². The van der Waals surface area contributed by atoms with E-state index < -0.39 is 0 Å². The van der Waals surface area contributed by atoms with Crippen molar-refractivity contribution in [3.8, 4) is 11.3 Å². The zero-order chi connectivity index (χ0) is 35.8. The summed E-state index contributed by atoms with van der Waals surface area (Å²) in [4.78, 5) is 37.3. The molecule has 1 fully saturated rings. The number of aromatic nitrogens is 2. The fraction of sp³-hybridized carbons (Fsp3) is 0.600. The van der Waals surface area contributed by atoms with Crippen molar-refractivity contribution in [3.63, 3.8) is 0 Å². The van der Waals surface area contributed by atoms with Crippen LogP contribution in [0.1, 0.15) is 114 Å². The van der Waals surface area contributed by atoms with Crippen molar-refractivity contribution in [1.82, 2.24) is 20.2 Å². The molecule has 0 spiro atoms. The highest BCUT2D eigenvalue weighted by atomic mass is 16.2. The normalized spacial score (nSPS) is 14.4. The van der Waals surface area contributed by atoms with Gasteiger partial charge >= 0.3 is 0 Å². The maximum absolute atomic E-state index is 12.4. The highest BCUT2D eigenvalue weighted by Gasteiger charge is 2.31. The van der Waals surface area contributed by atoms with Gasteiger partial charge in [0.25, 0.3) is 0 Å². The molecule has 3 atom stereocenters. The van der Waals surface area contributed by atoms with E-state index in [1.165, 1.54) is 0 Å². The summed E-state index contributed by atoms with van der Waals surface area (Å²) >= 11 is 0. The summed E-state index contributed by atoms with van der Waals surface area (Å²) in [7, 11) is 1.00. The van der Waals surface area contributed by atoms with Crippen LogP contribution in [0.15, 0.2) is 52.9 Å². The maximum atomic E-state index is 12.4. The summed E-state index contributed by atoms with van der Waals surface area (Å²) in [5.41, 5.74) is 3.54. The largest absolute Gasteiger partial charge is 0.400 e. The molecule has 4 N–H and O–H groups in total. The Morgan fingerprint density at radius 2 is 1.58 bits per heavy atom. The minimum absolute atomic E-state index is 0.0170. The molecule has 0 bridgehead atoms. The molecule has 258 valence electrons. The van der Waals surface area contributed by atoms with Gasteiger partial charge in [-0.3, -0.25) is 24.5 Å². The van der Waals surface area contributed by atoms with Gasteiger partial charge in [0.1, 0.15) is 6.04 Å². The van der Waals surface area contributed by atoms with Crippen LogP contribution < -0.4 is 11.2 Å². The number of aliphatic hydroxyl groups excluding tert-OH is 1. The van der Waals surface area contributed by atoms with E-state index in [9.17, 15) is 9.59 Å². The second kappa shape index (κ2) is 33.2. The van der Waals surface area contributed by atoms with E-state index in [2.05, 4.69) is 32.3 Å². The number of rotatable bonds is 8. The first-order valence-corrected chi connectivity index (χ1v) is 16.4. The second-order valence-corrected chi connectivity index (χ2v) is 8.98. The highest BCUT2D eigenvalue weighted by molar-refractivity contribution is 6.29. The Labute approximate surface area is 275 Å². The summed E-state index contributed by atoms with van der Waals surface area (Å²) in [5, 5.41) is 13.2. The number of nitrogens with two attached hydrogens (primary N) is 1. The number of aliphatic hydroxyl groups is 1. The van der Waals surface area contributed by atoms with Crippen molar-refractivity contribution >= 4 is 24.2 Å². The van der Waals surface area contributed by atoms with Gasteiger partial charge in [-0.05, 0) is 45.1 Å². The molecule has 10 heteroatoms. The number of carbonyl (C=O) groups is 2. The fourth-order valence-corrected chi connectivity index (χ4v) is 3.76. The van der Waals surface area contributed by atoms with Crippen LogP contribution in [-0.2, 0) is 9.59 Å². The van der Waals surface area contributed by atoms with Crippen LogP contribution in [0.5, 0.6) is 0 Å². The van der Waals surface area contributed by atoms with E-state index >= 15 is 0 Å². The number of likely N-dealkylation sites (tertiary alicyclic amines) is 1. The quantitative estimate of drug-likeness (QED) is 0.123. The van der Waals surface area contributed by atoms with E-state index in [0.29, 0.717) is 18.2 Å². The van der Waals surface area contributed by atoms with Gasteiger partial charge in [-0.1, -0.05) is 93.5 Å². The monoisotopic (exact) mass is 632 g/mol. The van der Waals surface area contributed by atoms with Crippen LogP contribution in [0.4, 0.5) is 0 Å². The van der Waals surface area contributed by atoms with E-state index in [-0.39, 0.29) is 23.9 Å². The van der Waals surface area contributed by atoms with Crippen molar-refractivity contribution in [2.24, 2.45) is 21.9 Å². The van der Waals surface area contributed by atoms with E-state index in [1.54, 1.807) is 31.7 Å². The molecule has 1 aromatic heterocycles. The van der Waals surface area contributed by atoms with E-state index in [0.717, 1.165) is 43.3 Å². The molecule has 3 unspecified atom stereocenters. The molecule has 2 amide bonds. The molecule has 1 saturated heterocycles. The number of nitrogens with zero attached hydrogens (tertiary/aromatic N) is 5. The van der Waals surface area contributed by atoms with Gasteiger partial charge < -0.3 is 21.2 Å². The predicted molar refractivity (Wildman–Crippen MR) is 193 cm³/mol. The zero-order valence-corrected chi connectivity index (χ0v) is 30.7. The van der Waals surface area contributed by atoms with Crippen molar-refractivity contribution in [3.05, 3.63) is 48.4 Å². The molecule has 3 rings (SSSR count). The average Bonchev–Trinajstić information content (AvgIpc) is 3.55. The highest BCUT2D eigenvalue weighted by Crippen LogP contribution is 2.21. The van der Waals surface area contributed by atoms with Crippen molar-refractivity contribution < 1.29 is 14.7 Å². The Kier molecular flexibility index (Phi) is 35.6. The van der Waals surface area contributed by atoms with E-state index in [1.807, 2.05) is 105 Å². The van der Waals surface area contributed by atoms with Crippen LogP contribution in [0.2, 0.25) is 0 Å². The molecule has 2 aromatic rings. The number of amides is 2. The van der Waals surface area contributed by atoms with E-state index in [4.69, 9.17) is 10.9 Å². The summed E-state index contributed by atoms with van der Waals surface area (Å²) in [6, 6.07) is 7.92. The molecule has 0 aliphatic carbocycles. The zero-order valence-electron chi connectivity index (χ0n) is 30.7. The van der Waals surface area contributed by atoms with Gasteiger partial charge in [0, 0.05) is 43.9 Å². The van der Waals surface area contributed by atoms with Crippen molar-refractivity contribution in [2.45, 2.75) is 121 Å². The van der Waals surface area contributed by atoms with Crippen LogP contribution in [0.25, 0.3) is 11.3 Å². The molecule has 45 heavy (non-hydrogen) atoms. The Morgan fingerprint density at radius 1 is 1.02 bits per heavy atom. The minimum Gasteiger partial charge on any atom is -0.400 e. The first-order chi connectivity index (χ1) is 21.8. The van der Waals surface area contributed by atoms with Gasteiger partial charge in [-0.25, -0.2) is 0 Å². The lowest BCUT2D eigenvalue weighted by atomic mass is 10.0. The Balaban J connectivity index is -0.000000292. The van der Waals surface area contributed by atoms with Gasteiger partial charge in [0.05, 0.1) is 23.6 Å². The number of aliphatic imine (C=N–C) groups is 1. The number of benzene rings is 1. The smallest absolute Gasteiger partial charge is 0.247 e. The van der Waals surface area contributed by atoms with Crippen LogP contribution in [0.3, 0.4) is 0 Å². The minimum atomic E-state index is -0.331. The Morgan fingerprint density at radius 3 is 1.98 bits per heavy atom. The molecule has 1 aliphatic heterocycles. The summed E-state index contributed by atoms with van der Waals surface area (Å²) in [6.07, 6.45) is 9.51. The molecule has 10 nitrogen and oxygen atoms in total. The molecular weight excluding hydrogens is 566 g/mol. The average molecular weight is 632 g/mol. The lowest BCUT2D eigenvalue weighted by Crippen LogP contribution is -2.42. The third-order valence-electron chi connectivity index (χ3n) is 5.93. The Bertz CT molecular complexity index is 998. The molecule has 0 saturated carbocycles. The molecule has 1 aromatic carbocycles. The maximum Gasteiger partial charge on any atom is 0.247 e. The van der Waals surface area contributed by atoms with Gasteiger partial charge in [0.2, 0.25) is 12.3 Å². The first kappa shape index (κ1) is 48.2. The summed E-state index contributed by atoms with van der Waals surface area (Å²) < 4.78 is 0. The predicted octanol–water partition coefficient (Wildman–Crippen LogP) is 7.09.